The molecule has 0 aromatic heterocycles. The lowest BCUT2D eigenvalue weighted by Crippen LogP contribution is -2.27. The second kappa shape index (κ2) is 11.9. The third-order valence-corrected chi connectivity index (χ3v) is 3.63. The maximum Gasteiger partial charge on any atom is 0.217 e. The van der Waals surface area contributed by atoms with Crippen molar-refractivity contribution in [3.63, 3.8) is 0 Å². The molecule has 6 nitrogen and oxygen atoms in total. The summed E-state index contributed by atoms with van der Waals surface area (Å²) in [5, 5.41) is 12.1. The molecule has 1 saturated heterocycles. The number of nitrogens with zero attached hydrogens (tertiary/aromatic N) is 1. The predicted octanol–water partition coefficient (Wildman–Crippen LogP) is 2.58. The van der Waals surface area contributed by atoms with Crippen molar-refractivity contribution in [1.29, 1.82) is 0 Å². The standard InChI is InChI=1S/C17H28N2O4/c1-2-3-4-7-15(23-17-8-5-6-13-22-17)11-9-14(19-21)10-12-16(18)20/h15,17,21H,2-8,10,12-13H2,1H3,(H2,18,20). The molecule has 0 bridgehead atoms. The van der Waals surface area contributed by atoms with Crippen LogP contribution in [0.1, 0.15) is 64.7 Å². The summed E-state index contributed by atoms with van der Waals surface area (Å²) in [7, 11) is 0. The predicted molar refractivity (Wildman–Crippen MR) is 88.0 cm³/mol. The molecule has 1 fully saturated rings. The highest BCUT2D eigenvalue weighted by Crippen LogP contribution is 2.17. The number of rotatable bonds is 9. The van der Waals surface area contributed by atoms with Crippen molar-refractivity contribution in [2.45, 2.75) is 77.1 Å². The Kier molecular flexibility index (Phi) is 10.1. The first-order valence-corrected chi connectivity index (χ1v) is 8.43. The molecule has 0 aromatic rings. The zero-order valence-electron chi connectivity index (χ0n) is 13.9. The van der Waals surface area contributed by atoms with Crippen molar-refractivity contribution >= 4 is 11.6 Å². The Labute approximate surface area is 138 Å². The fourth-order valence-corrected chi connectivity index (χ4v) is 2.30. The molecular weight excluding hydrogens is 296 g/mol. The van der Waals surface area contributed by atoms with Crippen molar-refractivity contribution < 1.29 is 19.5 Å². The number of oxime groups is 1. The van der Waals surface area contributed by atoms with Gasteiger partial charge in [-0.15, -0.1) is 0 Å². The largest absolute Gasteiger partial charge is 0.410 e. The van der Waals surface area contributed by atoms with E-state index < -0.39 is 5.91 Å². The molecular formula is C17H28N2O4. The smallest absolute Gasteiger partial charge is 0.217 e. The van der Waals surface area contributed by atoms with E-state index in [1.165, 1.54) is 0 Å². The first kappa shape index (κ1) is 19.5. The fraction of sp³-hybridized carbons (Fsp3) is 0.765. The summed E-state index contributed by atoms with van der Waals surface area (Å²) in [6.45, 7) is 2.87. The van der Waals surface area contributed by atoms with E-state index in [1.807, 2.05) is 0 Å². The number of amides is 1. The lowest BCUT2D eigenvalue weighted by atomic mass is 10.1. The van der Waals surface area contributed by atoms with Gasteiger partial charge >= 0.3 is 0 Å². The van der Waals surface area contributed by atoms with Crippen LogP contribution in [0.15, 0.2) is 5.16 Å². The van der Waals surface area contributed by atoms with Gasteiger partial charge in [-0.25, -0.2) is 0 Å². The van der Waals surface area contributed by atoms with Gasteiger partial charge < -0.3 is 20.4 Å². The highest BCUT2D eigenvalue weighted by molar-refractivity contribution is 6.01. The molecule has 1 amide bonds. The molecule has 1 heterocycles. The van der Waals surface area contributed by atoms with E-state index in [2.05, 4.69) is 23.9 Å². The summed E-state index contributed by atoms with van der Waals surface area (Å²) >= 11 is 0. The average molecular weight is 324 g/mol. The van der Waals surface area contributed by atoms with E-state index in [9.17, 15) is 4.79 Å². The molecule has 0 aromatic carbocycles. The molecule has 6 heteroatoms. The summed E-state index contributed by atoms with van der Waals surface area (Å²) < 4.78 is 11.5. The molecule has 130 valence electrons. The Balaban J connectivity index is 2.59. The van der Waals surface area contributed by atoms with Crippen LogP contribution in [-0.2, 0) is 14.3 Å². The zero-order valence-corrected chi connectivity index (χ0v) is 13.9. The van der Waals surface area contributed by atoms with Gasteiger partial charge in [0, 0.05) is 19.4 Å². The quantitative estimate of drug-likeness (QED) is 0.224. The van der Waals surface area contributed by atoms with Crippen LogP contribution in [0, 0.1) is 11.8 Å². The molecule has 0 saturated carbocycles. The van der Waals surface area contributed by atoms with Crippen molar-refractivity contribution in [1.82, 2.24) is 0 Å². The van der Waals surface area contributed by atoms with Gasteiger partial charge in [0.2, 0.25) is 5.91 Å². The molecule has 1 rings (SSSR count). The van der Waals surface area contributed by atoms with Crippen LogP contribution < -0.4 is 5.73 Å². The molecule has 0 spiro atoms. The molecule has 2 atom stereocenters. The second-order valence-electron chi connectivity index (χ2n) is 5.70. The molecule has 3 N–H and O–H groups in total. The van der Waals surface area contributed by atoms with Crippen molar-refractivity contribution in [3.05, 3.63) is 0 Å². The molecule has 1 aliphatic heterocycles. The number of ether oxygens (including phenoxy) is 2. The summed E-state index contributed by atoms with van der Waals surface area (Å²) in [5.74, 6) is 5.36. The lowest BCUT2D eigenvalue weighted by molar-refractivity contribution is -0.177. The third-order valence-electron chi connectivity index (χ3n) is 3.63. The van der Waals surface area contributed by atoms with Crippen molar-refractivity contribution in [2.24, 2.45) is 10.9 Å². The number of hydrogen-bond acceptors (Lipinski definition) is 5. The van der Waals surface area contributed by atoms with E-state index in [0.717, 1.165) is 51.6 Å². The van der Waals surface area contributed by atoms with Gasteiger partial charge in [0.05, 0.1) is 0 Å². The summed E-state index contributed by atoms with van der Waals surface area (Å²) in [5.41, 5.74) is 5.34. The molecule has 23 heavy (non-hydrogen) atoms. The minimum atomic E-state index is -0.445. The maximum atomic E-state index is 10.8. The minimum Gasteiger partial charge on any atom is -0.410 e. The van der Waals surface area contributed by atoms with Crippen LogP contribution in [0.3, 0.4) is 0 Å². The van der Waals surface area contributed by atoms with Gasteiger partial charge in [0.1, 0.15) is 11.8 Å². The van der Waals surface area contributed by atoms with E-state index in [4.69, 9.17) is 20.4 Å². The third kappa shape index (κ3) is 9.22. The number of unbranched alkanes of at least 4 members (excludes halogenated alkanes) is 2. The SMILES string of the molecule is CCCCCC(C#CC(CCC(N)=O)=NO)OC1CCCCO1. The lowest BCUT2D eigenvalue weighted by Gasteiger charge is -2.25. The zero-order chi connectivity index (χ0) is 16.9. The summed E-state index contributed by atoms with van der Waals surface area (Å²) in [4.78, 5) is 10.8. The number of hydrogen-bond donors (Lipinski definition) is 2. The fourth-order valence-electron chi connectivity index (χ4n) is 2.30. The van der Waals surface area contributed by atoms with Crippen LogP contribution in [0.5, 0.6) is 0 Å². The van der Waals surface area contributed by atoms with Crippen LogP contribution in [0.4, 0.5) is 0 Å². The Morgan fingerprint density at radius 3 is 2.87 bits per heavy atom. The topological polar surface area (TPSA) is 94.1 Å². The highest BCUT2D eigenvalue weighted by Gasteiger charge is 2.18. The van der Waals surface area contributed by atoms with E-state index in [1.54, 1.807) is 0 Å². The van der Waals surface area contributed by atoms with Gasteiger partial charge in [-0.1, -0.05) is 30.8 Å². The summed E-state index contributed by atoms with van der Waals surface area (Å²) in [6.07, 6.45) is 7.03. The summed E-state index contributed by atoms with van der Waals surface area (Å²) in [6, 6.07) is 0. The number of carbonyl (C=O) groups excluding carboxylic acids is 1. The molecule has 0 aliphatic carbocycles. The van der Waals surface area contributed by atoms with Crippen molar-refractivity contribution in [2.75, 3.05) is 6.61 Å². The minimum absolute atomic E-state index is 0.112. The van der Waals surface area contributed by atoms with Crippen LogP contribution >= 0.6 is 0 Å². The van der Waals surface area contributed by atoms with Gasteiger partial charge in [-0.3, -0.25) is 4.79 Å². The van der Waals surface area contributed by atoms with Crippen LogP contribution in [0.25, 0.3) is 0 Å². The van der Waals surface area contributed by atoms with E-state index in [-0.39, 0.29) is 30.9 Å². The van der Waals surface area contributed by atoms with Crippen LogP contribution in [0.2, 0.25) is 0 Å². The van der Waals surface area contributed by atoms with Crippen LogP contribution in [-0.4, -0.2) is 35.8 Å². The number of nitrogens with two attached hydrogens (primary N) is 1. The Morgan fingerprint density at radius 2 is 2.26 bits per heavy atom. The Morgan fingerprint density at radius 1 is 1.43 bits per heavy atom. The van der Waals surface area contributed by atoms with Gasteiger partial charge in [-0.2, -0.15) is 0 Å². The average Bonchev–Trinajstić information content (AvgIpc) is 2.55. The highest BCUT2D eigenvalue weighted by atomic mass is 16.7. The molecule has 0 radical (unpaired) electrons. The number of carbonyl (C=O) groups is 1. The number of primary amides is 1. The van der Waals surface area contributed by atoms with E-state index >= 15 is 0 Å². The first-order valence-electron chi connectivity index (χ1n) is 8.43. The van der Waals surface area contributed by atoms with E-state index in [0.29, 0.717) is 0 Å². The van der Waals surface area contributed by atoms with Gasteiger partial charge in [0.25, 0.3) is 0 Å². The molecule has 2 unspecified atom stereocenters. The Bertz CT molecular complexity index is 434. The monoisotopic (exact) mass is 324 g/mol. The van der Waals surface area contributed by atoms with Crippen molar-refractivity contribution in [3.8, 4) is 11.8 Å². The second-order valence-corrected chi connectivity index (χ2v) is 5.70. The van der Waals surface area contributed by atoms with Gasteiger partial charge in [0.15, 0.2) is 6.29 Å². The first-order chi connectivity index (χ1) is 11.2. The molecule has 1 aliphatic rings. The maximum absolute atomic E-state index is 10.8. The normalized spacial score (nSPS) is 19.7. The van der Waals surface area contributed by atoms with Gasteiger partial charge in [-0.05, 0) is 38.0 Å². The Hall–Kier alpha value is -1.58.